The zero-order valence-electron chi connectivity index (χ0n) is 6.64. The van der Waals surface area contributed by atoms with Crippen LogP contribution in [0.2, 0.25) is 0 Å². The molecule has 3 nitrogen and oxygen atoms in total. The molecule has 0 unspecified atom stereocenters. The van der Waals surface area contributed by atoms with Gasteiger partial charge in [0.05, 0.1) is 0 Å². The third kappa shape index (κ3) is 7.27. The molecule has 0 aliphatic heterocycles. The van der Waals surface area contributed by atoms with Crippen LogP contribution in [0.25, 0.3) is 0 Å². The van der Waals surface area contributed by atoms with Crippen LogP contribution >= 0.6 is 0 Å². The van der Waals surface area contributed by atoms with Crippen LogP contribution in [0.15, 0.2) is 0 Å². The van der Waals surface area contributed by atoms with Crippen LogP contribution in [0, 0.1) is 0 Å². The van der Waals surface area contributed by atoms with Crippen LogP contribution in [0.1, 0.15) is 20.8 Å². The van der Waals surface area contributed by atoms with E-state index in [1.54, 1.807) is 7.05 Å². The van der Waals surface area contributed by atoms with Gasteiger partial charge in [-0.3, -0.25) is 0 Å². The van der Waals surface area contributed by atoms with Crippen LogP contribution in [0.5, 0.6) is 0 Å². The summed E-state index contributed by atoms with van der Waals surface area (Å²) in [6, 6.07) is -0.373. The van der Waals surface area contributed by atoms with E-state index in [2.05, 4.69) is 0 Å². The lowest BCUT2D eigenvalue weighted by Gasteiger charge is -2.08. The van der Waals surface area contributed by atoms with Gasteiger partial charge < -0.3 is 10.6 Å². The first-order valence-corrected chi connectivity index (χ1v) is 3.19. The van der Waals surface area contributed by atoms with Crippen molar-refractivity contribution >= 4 is 6.03 Å². The van der Waals surface area contributed by atoms with Crippen LogP contribution in [0.4, 0.5) is 4.79 Å². The van der Waals surface area contributed by atoms with Gasteiger partial charge in [-0.1, -0.05) is 13.8 Å². The van der Waals surface area contributed by atoms with Crippen molar-refractivity contribution in [1.82, 2.24) is 4.90 Å². The van der Waals surface area contributed by atoms with Crippen molar-refractivity contribution in [3.05, 3.63) is 0 Å². The first-order chi connectivity index (χ1) is 4.18. The Morgan fingerprint density at radius 2 is 1.89 bits per heavy atom. The SMILES string of the molecule is CC.CCN(C)C(N)=O. The summed E-state index contributed by atoms with van der Waals surface area (Å²) in [7, 11) is 1.66. The summed E-state index contributed by atoms with van der Waals surface area (Å²) in [6.07, 6.45) is 0. The van der Waals surface area contributed by atoms with Crippen molar-refractivity contribution in [1.29, 1.82) is 0 Å². The van der Waals surface area contributed by atoms with Gasteiger partial charge >= 0.3 is 6.03 Å². The quantitative estimate of drug-likeness (QED) is 0.569. The number of amides is 2. The van der Waals surface area contributed by atoms with Crippen LogP contribution in [-0.4, -0.2) is 24.5 Å². The molecule has 0 aromatic rings. The minimum atomic E-state index is -0.373. The summed E-state index contributed by atoms with van der Waals surface area (Å²) < 4.78 is 0. The predicted octanol–water partition coefficient (Wildman–Crippen LogP) is 1.04. The Labute approximate surface area is 56.8 Å². The lowest BCUT2D eigenvalue weighted by atomic mass is 10.6. The molecule has 56 valence electrons. The van der Waals surface area contributed by atoms with Crippen molar-refractivity contribution in [3.63, 3.8) is 0 Å². The molecule has 0 bridgehead atoms. The zero-order chi connectivity index (χ0) is 7.86. The number of nitrogens with two attached hydrogens (primary N) is 1. The highest BCUT2D eigenvalue weighted by Gasteiger charge is 1.94. The second kappa shape index (κ2) is 7.27. The fourth-order valence-electron chi connectivity index (χ4n) is 0.156. The molecule has 0 aromatic heterocycles. The Morgan fingerprint density at radius 1 is 1.56 bits per heavy atom. The minimum absolute atomic E-state index is 0.373. The monoisotopic (exact) mass is 132 g/mol. The largest absolute Gasteiger partial charge is 0.352 e. The van der Waals surface area contributed by atoms with Gasteiger partial charge in [0, 0.05) is 13.6 Å². The molecule has 0 aromatic carbocycles. The molecule has 0 rings (SSSR count). The molecule has 2 amide bonds. The van der Waals surface area contributed by atoms with Gasteiger partial charge in [-0.15, -0.1) is 0 Å². The predicted molar refractivity (Wildman–Crippen MR) is 39.2 cm³/mol. The fraction of sp³-hybridized carbons (Fsp3) is 0.833. The molecule has 9 heavy (non-hydrogen) atoms. The second-order valence-corrected chi connectivity index (χ2v) is 1.35. The standard InChI is InChI=1S/C4H10N2O.C2H6/c1-3-6(2)4(5)7;1-2/h3H2,1-2H3,(H2,5,7);1-2H3. The van der Waals surface area contributed by atoms with Crippen LogP contribution in [0.3, 0.4) is 0 Å². The Morgan fingerprint density at radius 3 is 1.89 bits per heavy atom. The molecule has 0 spiro atoms. The first-order valence-electron chi connectivity index (χ1n) is 3.19. The lowest BCUT2D eigenvalue weighted by Crippen LogP contribution is -2.31. The normalized spacial score (nSPS) is 7.11. The third-order valence-corrected chi connectivity index (χ3v) is 0.851. The van der Waals surface area contributed by atoms with Crippen molar-refractivity contribution in [2.75, 3.05) is 13.6 Å². The topological polar surface area (TPSA) is 46.3 Å². The summed E-state index contributed by atoms with van der Waals surface area (Å²) >= 11 is 0. The molecule has 0 saturated carbocycles. The number of carbonyl (C=O) groups excluding carboxylic acids is 1. The number of hydrogen-bond acceptors (Lipinski definition) is 1. The van der Waals surface area contributed by atoms with Crippen LogP contribution in [-0.2, 0) is 0 Å². The van der Waals surface area contributed by atoms with Crippen molar-refractivity contribution in [3.8, 4) is 0 Å². The van der Waals surface area contributed by atoms with Crippen LogP contribution < -0.4 is 5.73 Å². The number of rotatable bonds is 1. The third-order valence-electron chi connectivity index (χ3n) is 0.851. The van der Waals surface area contributed by atoms with Crippen molar-refractivity contribution in [2.24, 2.45) is 5.73 Å². The Balaban J connectivity index is 0. The minimum Gasteiger partial charge on any atom is -0.352 e. The highest BCUT2D eigenvalue weighted by Crippen LogP contribution is 1.75. The highest BCUT2D eigenvalue weighted by molar-refractivity contribution is 5.71. The molecular weight excluding hydrogens is 116 g/mol. The molecule has 3 heteroatoms. The van der Waals surface area contributed by atoms with Gasteiger partial charge in [0.15, 0.2) is 0 Å². The van der Waals surface area contributed by atoms with Gasteiger partial charge in [-0.05, 0) is 6.92 Å². The molecule has 0 heterocycles. The van der Waals surface area contributed by atoms with Gasteiger partial charge in [-0.2, -0.15) is 0 Å². The van der Waals surface area contributed by atoms with Gasteiger partial charge in [0.1, 0.15) is 0 Å². The number of nitrogens with zero attached hydrogens (tertiary/aromatic N) is 1. The average molecular weight is 132 g/mol. The molecule has 0 saturated heterocycles. The molecule has 0 radical (unpaired) electrons. The Bertz CT molecular complexity index is 73.5. The molecule has 0 aliphatic rings. The maximum absolute atomic E-state index is 10.1. The van der Waals surface area contributed by atoms with E-state index in [1.165, 1.54) is 4.90 Å². The second-order valence-electron chi connectivity index (χ2n) is 1.35. The Hall–Kier alpha value is -0.730. The highest BCUT2D eigenvalue weighted by atomic mass is 16.2. The number of primary amides is 1. The maximum Gasteiger partial charge on any atom is 0.314 e. The van der Waals surface area contributed by atoms with E-state index in [9.17, 15) is 4.79 Å². The summed E-state index contributed by atoms with van der Waals surface area (Å²) in [4.78, 5) is 11.5. The van der Waals surface area contributed by atoms with E-state index < -0.39 is 0 Å². The number of urea groups is 1. The summed E-state index contributed by atoms with van der Waals surface area (Å²) in [6.45, 7) is 6.54. The lowest BCUT2D eigenvalue weighted by molar-refractivity contribution is 0.221. The smallest absolute Gasteiger partial charge is 0.314 e. The van der Waals surface area contributed by atoms with Gasteiger partial charge in [0.25, 0.3) is 0 Å². The zero-order valence-corrected chi connectivity index (χ0v) is 6.64. The summed E-state index contributed by atoms with van der Waals surface area (Å²) in [5.74, 6) is 0. The van der Waals surface area contributed by atoms with Gasteiger partial charge in [0.2, 0.25) is 0 Å². The van der Waals surface area contributed by atoms with Crippen molar-refractivity contribution in [2.45, 2.75) is 20.8 Å². The van der Waals surface area contributed by atoms with Gasteiger partial charge in [-0.25, -0.2) is 4.79 Å². The molecule has 0 fully saturated rings. The van der Waals surface area contributed by atoms with E-state index >= 15 is 0 Å². The summed E-state index contributed by atoms with van der Waals surface area (Å²) in [5, 5.41) is 0. The van der Waals surface area contributed by atoms with E-state index in [-0.39, 0.29) is 6.03 Å². The average Bonchev–Trinajstić information content (AvgIpc) is 1.91. The number of hydrogen-bond donors (Lipinski definition) is 1. The van der Waals surface area contributed by atoms with E-state index in [0.29, 0.717) is 6.54 Å². The maximum atomic E-state index is 10.1. The molecular formula is C6H16N2O. The first kappa shape index (κ1) is 11.1. The Kier molecular flexibility index (Phi) is 8.98. The number of carbonyl (C=O) groups is 1. The molecule has 0 aliphatic carbocycles. The van der Waals surface area contributed by atoms with E-state index in [4.69, 9.17) is 5.73 Å². The van der Waals surface area contributed by atoms with E-state index in [1.807, 2.05) is 20.8 Å². The molecule has 0 atom stereocenters. The molecule has 2 N–H and O–H groups in total. The summed E-state index contributed by atoms with van der Waals surface area (Å²) in [5.41, 5.74) is 4.83. The fourth-order valence-corrected chi connectivity index (χ4v) is 0.156. The van der Waals surface area contributed by atoms with Crippen molar-refractivity contribution < 1.29 is 4.79 Å². The van der Waals surface area contributed by atoms with E-state index in [0.717, 1.165) is 0 Å².